The van der Waals surface area contributed by atoms with Crippen LogP contribution in [0.1, 0.15) is 11.5 Å². The minimum atomic E-state index is -0.619. The van der Waals surface area contributed by atoms with Crippen LogP contribution >= 0.6 is 19.3 Å². The highest BCUT2D eigenvalue weighted by Gasteiger charge is 2.24. The fourth-order valence-corrected chi connectivity index (χ4v) is 8.52. The largest absolute Gasteiger partial charge is 0.357 e. The van der Waals surface area contributed by atoms with Gasteiger partial charge in [0, 0.05) is 29.1 Å². The summed E-state index contributed by atoms with van der Waals surface area (Å²) >= 11 is 1.82. The molecule has 1 unspecified atom stereocenters. The average Bonchev–Trinajstić information content (AvgIpc) is 3.33. The summed E-state index contributed by atoms with van der Waals surface area (Å²) in [5.74, 6) is 0.324. The molecule has 1 aromatic heterocycles. The fraction of sp³-hybridized carbons (Fsp3) is 0.0938. The summed E-state index contributed by atoms with van der Waals surface area (Å²) in [6, 6.07) is 39.6. The smallest absolute Gasteiger partial charge is 0.119 e. The molecule has 6 rings (SSSR count). The Morgan fingerprint density at radius 1 is 0.778 bits per heavy atom. The van der Waals surface area contributed by atoms with Gasteiger partial charge in [-0.3, -0.25) is 4.99 Å². The Bertz CT molecular complexity index is 1480. The molecule has 0 saturated heterocycles. The van der Waals surface area contributed by atoms with Crippen molar-refractivity contribution in [1.29, 1.82) is 0 Å². The van der Waals surface area contributed by atoms with Crippen molar-refractivity contribution >= 4 is 62.7 Å². The third-order valence-corrected chi connectivity index (χ3v) is 10.3. The number of fused-ring (bicyclic) bond motifs is 1. The Morgan fingerprint density at radius 3 is 2.17 bits per heavy atom. The molecule has 0 bridgehead atoms. The maximum atomic E-state index is 4.43. The van der Waals surface area contributed by atoms with Crippen LogP contribution in [0.3, 0.4) is 0 Å². The zero-order valence-corrected chi connectivity index (χ0v) is 21.7. The van der Waals surface area contributed by atoms with E-state index in [0.717, 1.165) is 18.8 Å². The highest BCUT2D eigenvalue weighted by Crippen LogP contribution is 2.45. The number of nitrogens with zero attached hydrogens (tertiary/aromatic N) is 2. The van der Waals surface area contributed by atoms with Crippen LogP contribution in [-0.4, -0.2) is 19.8 Å². The van der Waals surface area contributed by atoms with E-state index in [4.69, 9.17) is 0 Å². The van der Waals surface area contributed by atoms with Crippen LogP contribution in [0.2, 0.25) is 0 Å². The van der Waals surface area contributed by atoms with Crippen LogP contribution < -0.4 is 20.8 Å². The molecule has 1 atom stereocenters. The van der Waals surface area contributed by atoms with E-state index >= 15 is 0 Å². The topological polar surface area (TPSA) is 15.6 Å². The van der Waals surface area contributed by atoms with Crippen LogP contribution in [0, 0.1) is 0 Å². The van der Waals surface area contributed by atoms with Crippen molar-refractivity contribution in [2.75, 3.05) is 18.0 Å². The first-order chi connectivity index (χ1) is 17.8. The number of rotatable bonds is 6. The fourth-order valence-electron chi connectivity index (χ4n) is 4.99. The summed E-state index contributed by atoms with van der Waals surface area (Å²) in [4.78, 5) is 6.89. The maximum absolute atomic E-state index is 4.43. The van der Waals surface area contributed by atoms with Crippen molar-refractivity contribution < 1.29 is 0 Å². The lowest BCUT2D eigenvalue weighted by Crippen LogP contribution is -2.31. The quantitative estimate of drug-likeness (QED) is 0.137. The zero-order valence-electron chi connectivity index (χ0n) is 20.0. The highest BCUT2D eigenvalue weighted by molar-refractivity contribution is 7.79. The number of anilines is 1. The summed E-state index contributed by atoms with van der Waals surface area (Å²) in [7, 11) is -0.619. The molecule has 0 N–H and O–H groups in total. The van der Waals surface area contributed by atoms with Gasteiger partial charge in [0.15, 0.2) is 0 Å². The molecule has 0 fully saturated rings. The third-order valence-electron chi connectivity index (χ3n) is 6.69. The molecule has 4 heteroatoms. The van der Waals surface area contributed by atoms with E-state index in [-0.39, 0.29) is 0 Å². The van der Waals surface area contributed by atoms with E-state index in [0.29, 0.717) is 5.92 Å². The van der Waals surface area contributed by atoms with Crippen molar-refractivity contribution in [2.24, 2.45) is 4.99 Å². The first kappa shape index (κ1) is 22.9. The lowest BCUT2D eigenvalue weighted by Gasteiger charge is -2.30. The minimum absolute atomic E-state index is 0.324. The zero-order chi connectivity index (χ0) is 24.3. The predicted molar refractivity (Wildman–Crippen MR) is 160 cm³/mol. The standard InChI is InChI=1S/C32H27N2PS/c1-33-31-29-19-8-9-20-30(29)36-32(31)34-21-11-13-25(23-34)24-12-10-18-28(22-24)35(26-14-4-2-5-15-26)27-16-6-3-7-17-27/h2-20,22,25H,1,21,23H2. The number of aliphatic imine (C=N–C) groups is 1. The second kappa shape index (κ2) is 10.2. The van der Waals surface area contributed by atoms with Crippen LogP contribution in [0.15, 0.2) is 126 Å². The van der Waals surface area contributed by atoms with Gasteiger partial charge in [-0.2, -0.15) is 0 Å². The van der Waals surface area contributed by atoms with E-state index in [9.17, 15) is 0 Å². The number of benzene rings is 4. The van der Waals surface area contributed by atoms with E-state index in [1.54, 1.807) is 0 Å². The highest BCUT2D eigenvalue weighted by atomic mass is 32.1. The summed E-state index contributed by atoms with van der Waals surface area (Å²) in [5, 5.41) is 6.55. The van der Waals surface area contributed by atoms with Gasteiger partial charge in [-0.15, -0.1) is 11.3 Å². The molecule has 5 aromatic rings. The Morgan fingerprint density at radius 2 is 1.44 bits per heavy atom. The Kier molecular flexibility index (Phi) is 6.51. The molecule has 0 radical (unpaired) electrons. The minimum Gasteiger partial charge on any atom is -0.357 e. The van der Waals surface area contributed by atoms with Crippen LogP contribution in [0.25, 0.3) is 10.1 Å². The molecule has 36 heavy (non-hydrogen) atoms. The molecule has 2 nitrogen and oxygen atoms in total. The molecule has 0 amide bonds. The molecule has 0 spiro atoms. The van der Waals surface area contributed by atoms with E-state index in [1.165, 1.54) is 36.6 Å². The summed E-state index contributed by atoms with van der Waals surface area (Å²) < 4.78 is 1.26. The molecular formula is C32H27N2PS. The summed E-state index contributed by atoms with van der Waals surface area (Å²) in [5.41, 5.74) is 2.37. The van der Waals surface area contributed by atoms with Gasteiger partial charge < -0.3 is 4.90 Å². The molecule has 2 heterocycles. The van der Waals surface area contributed by atoms with Gasteiger partial charge >= 0.3 is 0 Å². The SMILES string of the molecule is C=Nc1c(N2CC=CC(c3cccc(P(c4ccccc4)c4ccccc4)c3)C2)sc2ccccc12. The number of hydrogen-bond donors (Lipinski definition) is 0. The third kappa shape index (κ3) is 4.41. The Balaban J connectivity index is 1.35. The summed E-state index contributed by atoms with van der Waals surface area (Å²) in [6.07, 6.45) is 4.67. The lowest BCUT2D eigenvalue weighted by atomic mass is 9.96. The number of thiophene rings is 1. The Labute approximate surface area is 218 Å². The molecule has 176 valence electrons. The van der Waals surface area contributed by atoms with Crippen molar-refractivity contribution in [2.45, 2.75) is 5.92 Å². The maximum Gasteiger partial charge on any atom is 0.119 e. The molecule has 1 aliphatic heterocycles. The van der Waals surface area contributed by atoms with Crippen molar-refractivity contribution in [1.82, 2.24) is 0 Å². The average molecular weight is 503 g/mol. The number of hydrogen-bond acceptors (Lipinski definition) is 3. The van der Waals surface area contributed by atoms with Crippen LogP contribution in [0.5, 0.6) is 0 Å². The Hall–Kier alpha value is -3.52. The molecule has 0 saturated carbocycles. The second-order valence-corrected chi connectivity index (χ2v) is 12.2. The van der Waals surface area contributed by atoms with Crippen LogP contribution in [0.4, 0.5) is 10.7 Å². The van der Waals surface area contributed by atoms with Gasteiger partial charge in [-0.25, -0.2) is 0 Å². The first-order valence-corrected chi connectivity index (χ1v) is 14.4. The predicted octanol–water partition coefficient (Wildman–Crippen LogP) is 7.15. The van der Waals surface area contributed by atoms with E-state index < -0.39 is 7.92 Å². The van der Waals surface area contributed by atoms with E-state index in [2.05, 4.69) is 138 Å². The molecule has 4 aromatic carbocycles. The van der Waals surface area contributed by atoms with Gasteiger partial charge in [-0.1, -0.05) is 109 Å². The van der Waals surface area contributed by atoms with Crippen molar-refractivity contribution in [3.05, 3.63) is 127 Å². The van der Waals surface area contributed by atoms with Gasteiger partial charge in [0.2, 0.25) is 0 Å². The molecule has 1 aliphatic rings. The first-order valence-electron chi connectivity index (χ1n) is 12.2. The normalized spacial score (nSPS) is 15.5. The lowest BCUT2D eigenvalue weighted by molar-refractivity contribution is 0.742. The van der Waals surface area contributed by atoms with Gasteiger partial charge in [0.05, 0.1) is 0 Å². The van der Waals surface area contributed by atoms with Crippen molar-refractivity contribution in [3.63, 3.8) is 0 Å². The van der Waals surface area contributed by atoms with Crippen molar-refractivity contribution in [3.8, 4) is 0 Å². The molecule has 0 aliphatic carbocycles. The monoisotopic (exact) mass is 502 g/mol. The summed E-state index contributed by atoms with van der Waals surface area (Å²) in [6.45, 7) is 5.72. The van der Waals surface area contributed by atoms with Crippen LogP contribution in [-0.2, 0) is 0 Å². The van der Waals surface area contributed by atoms with Gasteiger partial charge in [-0.05, 0) is 48.2 Å². The van der Waals surface area contributed by atoms with Gasteiger partial charge in [0.25, 0.3) is 0 Å². The van der Waals surface area contributed by atoms with Gasteiger partial charge in [0.1, 0.15) is 10.7 Å². The van der Waals surface area contributed by atoms with E-state index in [1.807, 2.05) is 11.3 Å². The molecular weight excluding hydrogens is 475 g/mol. The second-order valence-electron chi connectivity index (χ2n) is 8.95.